The van der Waals surface area contributed by atoms with E-state index in [2.05, 4.69) is 0 Å². The summed E-state index contributed by atoms with van der Waals surface area (Å²) in [6, 6.07) is 5.76. The summed E-state index contributed by atoms with van der Waals surface area (Å²) < 4.78 is 33.2. The fourth-order valence-electron chi connectivity index (χ4n) is 4.69. The number of amides is 1. The van der Waals surface area contributed by atoms with Gasteiger partial charge in [0.1, 0.15) is 11.4 Å². The fraction of sp³-hybridized carbons (Fsp3) is 0.700. The summed E-state index contributed by atoms with van der Waals surface area (Å²) in [6.45, 7) is 1.53. The van der Waals surface area contributed by atoms with E-state index in [1.165, 1.54) is 15.0 Å². The van der Waals surface area contributed by atoms with Crippen molar-refractivity contribution in [3.63, 3.8) is 0 Å². The van der Waals surface area contributed by atoms with Gasteiger partial charge in [0.25, 0.3) is 10.2 Å². The first-order chi connectivity index (χ1) is 13.8. The van der Waals surface area contributed by atoms with Gasteiger partial charge in [0.2, 0.25) is 0 Å². The van der Waals surface area contributed by atoms with E-state index < -0.39 is 10.2 Å². The van der Waals surface area contributed by atoms with Gasteiger partial charge < -0.3 is 4.74 Å². The Morgan fingerprint density at radius 1 is 1.14 bits per heavy atom. The maximum atomic E-state index is 12.5. The zero-order valence-electron chi connectivity index (χ0n) is 17.2. The van der Waals surface area contributed by atoms with E-state index in [1.54, 1.807) is 19.0 Å². The predicted octanol–water partition coefficient (Wildman–Crippen LogP) is 2.73. The Labute approximate surface area is 173 Å². The van der Waals surface area contributed by atoms with E-state index in [0.717, 1.165) is 44.2 Å². The Bertz CT molecular complexity index is 859. The van der Waals surface area contributed by atoms with Crippen molar-refractivity contribution in [2.45, 2.75) is 56.5 Å². The first-order valence-corrected chi connectivity index (χ1v) is 11.9. The van der Waals surface area contributed by atoms with E-state index in [0.29, 0.717) is 25.5 Å². The molecule has 0 unspecified atom stereocenters. The van der Waals surface area contributed by atoms with Crippen LogP contribution in [-0.4, -0.2) is 67.4 Å². The number of piperidine rings is 1. The zero-order valence-corrected chi connectivity index (χ0v) is 18.0. The Morgan fingerprint density at radius 2 is 1.83 bits per heavy atom. The molecule has 1 saturated carbocycles. The van der Waals surface area contributed by atoms with Crippen molar-refractivity contribution >= 4 is 22.1 Å². The molecule has 8 nitrogen and oxygen atoms in total. The summed E-state index contributed by atoms with van der Waals surface area (Å²) in [6.07, 6.45) is 6.39. The van der Waals surface area contributed by atoms with Crippen molar-refractivity contribution in [2.24, 2.45) is 0 Å². The van der Waals surface area contributed by atoms with Crippen LogP contribution < -0.4 is 4.90 Å². The lowest BCUT2D eigenvalue weighted by Crippen LogP contribution is -2.44. The maximum Gasteiger partial charge on any atom is 0.416 e. The quantitative estimate of drug-likeness (QED) is 0.745. The molecule has 0 radical (unpaired) electrons. The number of nitrogens with zero attached hydrogens (tertiary/aromatic N) is 4. The number of aromatic nitrogens is 1. The first-order valence-electron chi connectivity index (χ1n) is 10.5. The summed E-state index contributed by atoms with van der Waals surface area (Å²) in [5, 5.41) is 0. The highest BCUT2D eigenvalue weighted by atomic mass is 32.2. The third kappa shape index (κ3) is 4.00. The van der Waals surface area contributed by atoms with Crippen LogP contribution in [0.4, 0.5) is 10.6 Å². The number of anilines is 1. The SMILES string of the molecule is CN(C)S(=O)(=O)N1CCC(c2cccc(N3CC4(CCCCC4)OC3=O)n2)CC1. The van der Waals surface area contributed by atoms with Gasteiger partial charge in [-0.2, -0.15) is 17.0 Å². The van der Waals surface area contributed by atoms with Crippen LogP contribution in [0, 0.1) is 0 Å². The Kier molecular flexibility index (Phi) is 5.56. The third-order valence-corrected chi connectivity index (χ3v) is 8.37. The highest BCUT2D eigenvalue weighted by Crippen LogP contribution is 2.39. The van der Waals surface area contributed by atoms with Crippen LogP contribution in [0.5, 0.6) is 0 Å². The van der Waals surface area contributed by atoms with Gasteiger partial charge in [-0.25, -0.2) is 9.78 Å². The summed E-state index contributed by atoms with van der Waals surface area (Å²) in [5.41, 5.74) is 0.570. The second-order valence-electron chi connectivity index (χ2n) is 8.58. The van der Waals surface area contributed by atoms with Crippen molar-refractivity contribution in [1.82, 2.24) is 13.6 Å². The minimum absolute atomic E-state index is 0.186. The summed E-state index contributed by atoms with van der Waals surface area (Å²) in [4.78, 5) is 19.0. The van der Waals surface area contributed by atoms with Crippen molar-refractivity contribution < 1.29 is 17.9 Å². The minimum Gasteiger partial charge on any atom is -0.441 e. The number of ether oxygens (including phenoxy) is 1. The molecule has 3 heterocycles. The van der Waals surface area contributed by atoms with Crippen LogP contribution in [0.3, 0.4) is 0 Å². The van der Waals surface area contributed by atoms with Crippen LogP contribution in [0.2, 0.25) is 0 Å². The van der Waals surface area contributed by atoms with Gasteiger partial charge in [-0.05, 0) is 50.7 Å². The summed E-state index contributed by atoms with van der Waals surface area (Å²) in [7, 11) is -0.261. The molecule has 2 aliphatic heterocycles. The van der Waals surface area contributed by atoms with Gasteiger partial charge in [0.15, 0.2) is 0 Å². The topological polar surface area (TPSA) is 83.0 Å². The average Bonchev–Trinajstić information content (AvgIpc) is 3.04. The Balaban J connectivity index is 1.45. The van der Waals surface area contributed by atoms with E-state index in [9.17, 15) is 13.2 Å². The van der Waals surface area contributed by atoms with Crippen molar-refractivity contribution in [1.29, 1.82) is 0 Å². The third-order valence-electron chi connectivity index (χ3n) is 6.43. The number of carbonyl (C=O) groups is 1. The van der Waals surface area contributed by atoms with Crippen LogP contribution >= 0.6 is 0 Å². The maximum absolute atomic E-state index is 12.5. The number of carbonyl (C=O) groups excluding carboxylic acids is 1. The minimum atomic E-state index is -3.37. The van der Waals surface area contributed by atoms with Crippen molar-refractivity contribution in [2.75, 3.05) is 38.6 Å². The van der Waals surface area contributed by atoms with E-state index in [4.69, 9.17) is 9.72 Å². The molecule has 3 aliphatic rings. The molecule has 160 valence electrons. The second-order valence-corrected chi connectivity index (χ2v) is 10.7. The van der Waals surface area contributed by atoms with Crippen molar-refractivity contribution in [3.05, 3.63) is 23.9 Å². The first kappa shape index (κ1) is 20.6. The number of hydrogen-bond acceptors (Lipinski definition) is 5. The van der Waals surface area contributed by atoms with Crippen LogP contribution in [-0.2, 0) is 14.9 Å². The number of hydrogen-bond donors (Lipinski definition) is 0. The van der Waals surface area contributed by atoms with E-state index >= 15 is 0 Å². The monoisotopic (exact) mass is 422 g/mol. The standard InChI is InChI=1S/C20H30N4O4S/c1-22(2)29(26,27)23-13-9-16(10-14-23)17-7-6-8-18(21-17)24-15-20(28-19(24)25)11-4-3-5-12-20/h6-8,16H,3-5,9-15H2,1-2H3. The molecule has 1 spiro atoms. The molecular formula is C20H30N4O4S. The van der Waals surface area contributed by atoms with Gasteiger partial charge in [0, 0.05) is 38.8 Å². The van der Waals surface area contributed by atoms with E-state index in [1.807, 2.05) is 18.2 Å². The Morgan fingerprint density at radius 3 is 2.48 bits per heavy atom. The van der Waals surface area contributed by atoms with Crippen LogP contribution in [0.15, 0.2) is 18.2 Å². The number of rotatable bonds is 4. The number of pyridine rings is 1. The Hall–Kier alpha value is -1.71. The molecule has 1 amide bonds. The molecule has 0 N–H and O–H groups in total. The fourth-order valence-corrected chi connectivity index (χ4v) is 5.82. The molecule has 0 aromatic carbocycles. The van der Waals surface area contributed by atoms with Crippen LogP contribution in [0.1, 0.15) is 56.6 Å². The largest absolute Gasteiger partial charge is 0.441 e. The molecule has 9 heteroatoms. The lowest BCUT2D eigenvalue weighted by atomic mass is 9.85. The second kappa shape index (κ2) is 7.85. The summed E-state index contributed by atoms with van der Waals surface area (Å²) in [5.74, 6) is 0.823. The molecule has 0 atom stereocenters. The van der Waals surface area contributed by atoms with Crippen LogP contribution in [0.25, 0.3) is 0 Å². The molecule has 1 aliphatic carbocycles. The van der Waals surface area contributed by atoms with Gasteiger partial charge in [-0.1, -0.05) is 12.5 Å². The summed E-state index contributed by atoms with van der Waals surface area (Å²) >= 11 is 0. The normalized spacial score (nSPS) is 23.7. The molecule has 2 saturated heterocycles. The lowest BCUT2D eigenvalue weighted by molar-refractivity contribution is 0.0260. The molecule has 1 aromatic rings. The predicted molar refractivity (Wildman–Crippen MR) is 110 cm³/mol. The van der Waals surface area contributed by atoms with Gasteiger partial charge in [-0.15, -0.1) is 0 Å². The average molecular weight is 423 g/mol. The smallest absolute Gasteiger partial charge is 0.416 e. The highest BCUT2D eigenvalue weighted by Gasteiger charge is 2.46. The van der Waals surface area contributed by atoms with Gasteiger partial charge in [0.05, 0.1) is 6.54 Å². The highest BCUT2D eigenvalue weighted by molar-refractivity contribution is 7.86. The molecule has 1 aromatic heterocycles. The molecule has 0 bridgehead atoms. The molecule has 3 fully saturated rings. The van der Waals surface area contributed by atoms with Gasteiger partial charge in [-0.3, -0.25) is 4.90 Å². The lowest BCUT2D eigenvalue weighted by Gasteiger charge is -2.32. The zero-order chi connectivity index (χ0) is 20.6. The van der Waals surface area contributed by atoms with E-state index in [-0.39, 0.29) is 17.6 Å². The van der Waals surface area contributed by atoms with Crippen molar-refractivity contribution in [3.8, 4) is 0 Å². The van der Waals surface area contributed by atoms with Gasteiger partial charge >= 0.3 is 6.09 Å². The molecular weight excluding hydrogens is 392 g/mol. The molecule has 4 rings (SSSR count). The molecule has 29 heavy (non-hydrogen) atoms.